The van der Waals surface area contributed by atoms with Gasteiger partial charge in [0.2, 0.25) is 0 Å². The van der Waals surface area contributed by atoms with Crippen LogP contribution in [0.3, 0.4) is 0 Å². The fourth-order valence-corrected chi connectivity index (χ4v) is 2.69. The van der Waals surface area contributed by atoms with Crippen molar-refractivity contribution in [2.45, 2.75) is 33.4 Å². The van der Waals surface area contributed by atoms with Gasteiger partial charge in [0.15, 0.2) is 0 Å². The molecule has 1 aromatic rings. The van der Waals surface area contributed by atoms with E-state index in [1.165, 1.54) is 0 Å². The molecule has 0 bridgehead atoms. The molecule has 1 aliphatic rings. The van der Waals surface area contributed by atoms with Crippen LogP contribution in [0.15, 0.2) is 18.2 Å². The van der Waals surface area contributed by atoms with Gasteiger partial charge in [-0.3, -0.25) is 0 Å². The van der Waals surface area contributed by atoms with Gasteiger partial charge in [0.1, 0.15) is 5.82 Å². The number of nitrogens with one attached hydrogen (secondary N) is 1. The van der Waals surface area contributed by atoms with E-state index in [9.17, 15) is 4.39 Å². The van der Waals surface area contributed by atoms with Gasteiger partial charge in [-0.2, -0.15) is 0 Å². The van der Waals surface area contributed by atoms with Crippen LogP contribution in [0, 0.1) is 11.7 Å². The lowest BCUT2D eigenvalue weighted by Crippen LogP contribution is -2.50. The quantitative estimate of drug-likeness (QED) is 0.900. The fourth-order valence-electron chi connectivity index (χ4n) is 2.69. The van der Waals surface area contributed by atoms with E-state index in [1.807, 2.05) is 12.1 Å². The fraction of sp³-hybridized carbons (Fsp3) is 0.647. The van der Waals surface area contributed by atoms with E-state index in [4.69, 9.17) is 0 Å². The zero-order valence-corrected chi connectivity index (χ0v) is 13.7. The van der Waals surface area contributed by atoms with Gasteiger partial charge in [0, 0.05) is 32.2 Å². The number of anilines is 1. The summed E-state index contributed by atoms with van der Waals surface area (Å²) < 4.78 is 14.4. The summed E-state index contributed by atoms with van der Waals surface area (Å²) in [5, 5.41) is 3.35. The summed E-state index contributed by atoms with van der Waals surface area (Å²) in [6, 6.07) is 6.10. The number of benzene rings is 1. The van der Waals surface area contributed by atoms with Gasteiger partial charge in [-0.25, -0.2) is 4.39 Å². The maximum Gasteiger partial charge on any atom is 0.146 e. The Hall–Kier alpha value is -1.13. The first kappa shape index (κ1) is 16.2. The molecule has 4 heteroatoms. The number of likely N-dealkylation sites (N-methyl/N-ethyl adjacent to an activating group) is 1. The highest BCUT2D eigenvalue weighted by atomic mass is 19.1. The molecule has 0 aromatic heterocycles. The van der Waals surface area contributed by atoms with E-state index in [0.29, 0.717) is 12.0 Å². The number of halogens is 1. The minimum Gasteiger partial charge on any atom is -0.366 e. The molecule has 3 nitrogen and oxygen atoms in total. The van der Waals surface area contributed by atoms with Gasteiger partial charge in [-0.05, 0) is 44.1 Å². The molecule has 1 unspecified atom stereocenters. The SMILES string of the molecule is CC(C)CNCc1ccc(N2CCN(C)C(C)C2)c(F)c1. The van der Waals surface area contributed by atoms with Gasteiger partial charge in [0.05, 0.1) is 5.69 Å². The summed E-state index contributed by atoms with van der Waals surface area (Å²) in [5.41, 5.74) is 1.75. The second-order valence-corrected chi connectivity index (χ2v) is 6.59. The Bertz CT molecular complexity index is 461. The Labute approximate surface area is 128 Å². The number of rotatable bonds is 5. The maximum absolute atomic E-state index is 14.4. The van der Waals surface area contributed by atoms with Crippen molar-refractivity contribution >= 4 is 5.69 Å². The predicted molar refractivity (Wildman–Crippen MR) is 87.2 cm³/mol. The average molecular weight is 293 g/mol. The smallest absolute Gasteiger partial charge is 0.146 e. The van der Waals surface area contributed by atoms with Crippen LogP contribution in [0.2, 0.25) is 0 Å². The molecule has 1 saturated heterocycles. The molecule has 0 amide bonds. The lowest BCUT2D eigenvalue weighted by atomic mass is 10.1. The molecule has 21 heavy (non-hydrogen) atoms. The average Bonchev–Trinajstić information content (AvgIpc) is 2.42. The molecule has 1 aromatic carbocycles. The Balaban J connectivity index is 1.99. The van der Waals surface area contributed by atoms with Crippen LogP contribution in [-0.2, 0) is 6.54 Å². The lowest BCUT2D eigenvalue weighted by Gasteiger charge is -2.39. The van der Waals surface area contributed by atoms with Crippen LogP contribution in [0.25, 0.3) is 0 Å². The number of nitrogens with zero attached hydrogens (tertiary/aromatic N) is 2. The molecule has 0 radical (unpaired) electrons. The highest BCUT2D eigenvalue weighted by Gasteiger charge is 2.22. The zero-order valence-electron chi connectivity index (χ0n) is 13.7. The normalized spacial score (nSPS) is 20.3. The van der Waals surface area contributed by atoms with Gasteiger partial charge >= 0.3 is 0 Å². The number of hydrogen-bond acceptors (Lipinski definition) is 3. The van der Waals surface area contributed by atoms with Crippen molar-refractivity contribution in [3.63, 3.8) is 0 Å². The van der Waals surface area contributed by atoms with E-state index in [1.54, 1.807) is 6.07 Å². The van der Waals surface area contributed by atoms with Crippen molar-refractivity contribution in [2.24, 2.45) is 5.92 Å². The molecule has 2 rings (SSSR count). The minimum atomic E-state index is -0.101. The largest absolute Gasteiger partial charge is 0.366 e. The van der Waals surface area contributed by atoms with E-state index >= 15 is 0 Å². The monoisotopic (exact) mass is 293 g/mol. The Morgan fingerprint density at radius 1 is 1.33 bits per heavy atom. The van der Waals surface area contributed by atoms with Crippen LogP contribution in [-0.4, -0.2) is 44.2 Å². The summed E-state index contributed by atoms with van der Waals surface area (Å²) in [7, 11) is 2.13. The van der Waals surface area contributed by atoms with E-state index in [-0.39, 0.29) is 5.82 Å². The van der Waals surface area contributed by atoms with Crippen molar-refractivity contribution in [2.75, 3.05) is 38.1 Å². The van der Waals surface area contributed by atoms with Crippen LogP contribution in [0.4, 0.5) is 10.1 Å². The third-order valence-corrected chi connectivity index (χ3v) is 4.19. The van der Waals surface area contributed by atoms with E-state index in [0.717, 1.165) is 44.0 Å². The third kappa shape index (κ3) is 4.42. The van der Waals surface area contributed by atoms with E-state index < -0.39 is 0 Å². The number of hydrogen-bond donors (Lipinski definition) is 1. The van der Waals surface area contributed by atoms with Crippen molar-refractivity contribution in [1.82, 2.24) is 10.2 Å². The van der Waals surface area contributed by atoms with Gasteiger partial charge in [0.25, 0.3) is 0 Å². The van der Waals surface area contributed by atoms with Crippen LogP contribution >= 0.6 is 0 Å². The highest BCUT2D eigenvalue weighted by Crippen LogP contribution is 2.23. The molecule has 0 saturated carbocycles. The topological polar surface area (TPSA) is 18.5 Å². The molecule has 1 fully saturated rings. The van der Waals surface area contributed by atoms with Crippen LogP contribution in [0.1, 0.15) is 26.3 Å². The predicted octanol–water partition coefficient (Wildman–Crippen LogP) is 2.71. The highest BCUT2D eigenvalue weighted by molar-refractivity contribution is 5.49. The molecular weight excluding hydrogens is 265 g/mol. The molecular formula is C17H28FN3. The second kappa shape index (κ2) is 7.23. The van der Waals surface area contributed by atoms with Gasteiger partial charge < -0.3 is 15.1 Å². The van der Waals surface area contributed by atoms with Crippen molar-refractivity contribution in [1.29, 1.82) is 0 Å². The molecule has 0 aliphatic carbocycles. The molecule has 1 atom stereocenters. The van der Waals surface area contributed by atoms with Gasteiger partial charge in [-0.15, -0.1) is 0 Å². The van der Waals surface area contributed by atoms with Crippen LogP contribution < -0.4 is 10.2 Å². The first-order valence-electron chi connectivity index (χ1n) is 7.91. The minimum absolute atomic E-state index is 0.101. The third-order valence-electron chi connectivity index (χ3n) is 4.19. The summed E-state index contributed by atoms with van der Waals surface area (Å²) in [6.45, 7) is 11.0. The molecule has 1 N–H and O–H groups in total. The van der Waals surface area contributed by atoms with Crippen molar-refractivity contribution in [3.05, 3.63) is 29.6 Å². The second-order valence-electron chi connectivity index (χ2n) is 6.59. The number of piperazine rings is 1. The summed E-state index contributed by atoms with van der Waals surface area (Å²) in [5.74, 6) is 0.511. The molecule has 0 spiro atoms. The standard InChI is InChI=1S/C17H28FN3/c1-13(2)10-19-11-15-5-6-17(16(18)9-15)21-8-7-20(4)14(3)12-21/h5-6,9,13-14,19H,7-8,10-12H2,1-4H3. The maximum atomic E-state index is 14.4. The van der Waals surface area contributed by atoms with E-state index in [2.05, 4.69) is 42.9 Å². The van der Waals surface area contributed by atoms with Crippen molar-refractivity contribution < 1.29 is 4.39 Å². The Morgan fingerprint density at radius 3 is 2.71 bits per heavy atom. The summed E-state index contributed by atoms with van der Waals surface area (Å²) in [6.07, 6.45) is 0. The summed E-state index contributed by atoms with van der Waals surface area (Å²) >= 11 is 0. The lowest BCUT2D eigenvalue weighted by molar-refractivity contribution is 0.233. The first-order chi connectivity index (χ1) is 9.97. The summed E-state index contributed by atoms with van der Waals surface area (Å²) in [4.78, 5) is 4.48. The Kier molecular flexibility index (Phi) is 5.59. The molecule has 118 valence electrons. The Morgan fingerprint density at radius 2 is 2.10 bits per heavy atom. The zero-order chi connectivity index (χ0) is 15.4. The molecule has 1 heterocycles. The molecule has 1 aliphatic heterocycles. The van der Waals surface area contributed by atoms with Crippen molar-refractivity contribution in [3.8, 4) is 0 Å². The first-order valence-corrected chi connectivity index (χ1v) is 7.91. The van der Waals surface area contributed by atoms with Crippen LogP contribution in [0.5, 0.6) is 0 Å². The van der Waals surface area contributed by atoms with Gasteiger partial charge in [-0.1, -0.05) is 19.9 Å².